The van der Waals surface area contributed by atoms with Crippen molar-refractivity contribution >= 4 is 28.1 Å². The average Bonchev–Trinajstić information content (AvgIpc) is 2.91. The van der Waals surface area contributed by atoms with E-state index >= 15 is 0 Å². The van der Waals surface area contributed by atoms with Gasteiger partial charge < -0.3 is 4.57 Å². The molecule has 0 saturated heterocycles. The van der Waals surface area contributed by atoms with Gasteiger partial charge in [0.25, 0.3) is 0 Å². The van der Waals surface area contributed by atoms with Crippen molar-refractivity contribution in [2.75, 3.05) is 0 Å². The summed E-state index contributed by atoms with van der Waals surface area (Å²) in [4.78, 5) is 0.334. The molecule has 106 valence electrons. The van der Waals surface area contributed by atoms with Crippen molar-refractivity contribution in [2.45, 2.75) is 13.5 Å². The number of hydroxylamine groups is 1. The SMILES string of the molecule is Cc1ccccc1Cn1ccc2ccc(C(=S)NO)cc21. The molecule has 3 aromatic rings. The largest absolute Gasteiger partial charge is 0.343 e. The molecule has 0 aliphatic carbocycles. The summed E-state index contributed by atoms with van der Waals surface area (Å²) in [5.41, 5.74) is 6.53. The van der Waals surface area contributed by atoms with Gasteiger partial charge in [-0.3, -0.25) is 10.7 Å². The van der Waals surface area contributed by atoms with Crippen LogP contribution in [0.15, 0.2) is 54.7 Å². The zero-order valence-corrected chi connectivity index (χ0v) is 12.5. The van der Waals surface area contributed by atoms with Gasteiger partial charge in [-0.2, -0.15) is 0 Å². The Labute approximate surface area is 128 Å². The van der Waals surface area contributed by atoms with E-state index in [-0.39, 0.29) is 0 Å². The topological polar surface area (TPSA) is 37.2 Å². The molecule has 4 heteroatoms. The van der Waals surface area contributed by atoms with Gasteiger partial charge in [-0.1, -0.05) is 48.6 Å². The minimum Gasteiger partial charge on any atom is -0.343 e. The lowest BCUT2D eigenvalue weighted by Gasteiger charge is -2.09. The molecule has 1 heterocycles. The van der Waals surface area contributed by atoms with Gasteiger partial charge in [-0.15, -0.1) is 0 Å². The molecule has 3 rings (SSSR count). The quantitative estimate of drug-likeness (QED) is 0.572. The number of hydrogen-bond acceptors (Lipinski definition) is 2. The van der Waals surface area contributed by atoms with E-state index in [9.17, 15) is 0 Å². The number of thiocarbonyl (C=S) groups is 1. The van der Waals surface area contributed by atoms with Gasteiger partial charge >= 0.3 is 0 Å². The number of rotatable bonds is 3. The van der Waals surface area contributed by atoms with Gasteiger partial charge in [0.2, 0.25) is 0 Å². The van der Waals surface area contributed by atoms with Crippen LogP contribution in [0.1, 0.15) is 16.7 Å². The van der Waals surface area contributed by atoms with E-state index in [1.165, 1.54) is 11.1 Å². The molecule has 0 atom stereocenters. The fourth-order valence-electron chi connectivity index (χ4n) is 2.50. The first-order valence-corrected chi connectivity index (χ1v) is 7.17. The Hall–Kier alpha value is -2.17. The maximum atomic E-state index is 8.95. The minimum absolute atomic E-state index is 0.334. The molecule has 0 aliphatic heterocycles. The normalized spacial score (nSPS) is 10.8. The second-order valence-corrected chi connectivity index (χ2v) is 5.49. The smallest absolute Gasteiger partial charge is 0.130 e. The summed E-state index contributed by atoms with van der Waals surface area (Å²) in [6.45, 7) is 2.94. The molecule has 2 aromatic carbocycles. The fraction of sp³-hybridized carbons (Fsp3) is 0.118. The predicted molar refractivity (Wildman–Crippen MR) is 88.8 cm³/mol. The lowest BCUT2D eigenvalue weighted by Crippen LogP contribution is -2.17. The summed E-state index contributed by atoms with van der Waals surface area (Å²) >= 11 is 5.08. The summed E-state index contributed by atoms with van der Waals surface area (Å²) in [6, 6.07) is 16.4. The van der Waals surface area contributed by atoms with Crippen LogP contribution in [-0.2, 0) is 6.54 Å². The first-order chi connectivity index (χ1) is 10.2. The van der Waals surface area contributed by atoms with Gasteiger partial charge in [-0.25, -0.2) is 0 Å². The zero-order chi connectivity index (χ0) is 14.8. The molecular weight excluding hydrogens is 280 g/mol. The summed E-state index contributed by atoms with van der Waals surface area (Å²) in [5, 5.41) is 10.1. The molecule has 0 spiro atoms. The van der Waals surface area contributed by atoms with Crippen molar-refractivity contribution in [1.29, 1.82) is 0 Å². The Morgan fingerprint density at radius 1 is 1.19 bits per heavy atom. The molecular formula is C17H16N2OS. The summed E-state index contributed by atoms with van der Waals surface area (Å²) in [7, 11) is 0. The molecule has 0 bridgehead atoms. The van der Waals surface area contributed by atoms with Crippen LogP contribution in [0.2, 0.25) is 0 Å². The number of hydrogen-bond donors (Lipinski definition) is 2. The highest BCUT2D eigenvalue weighted by Crippen LogP contribution is 2.20. The third kappa shape index (κ3) is 2.68. The van der Waals surface area contributed by atoms with Crippen LogP contribution in [0.5, 0.6) is 0 Å². The molecule has 0 aliphatic rings. The van der Waals surface area contributed by atoms with Crippen LogP contribution < -0.4 is 5.48 Å². The highest BCUT2D eigenvalue weighted by Gasteiger charge is 2.06. The third-order valence-electron chi connectivity index (χ3n) is 3.74. The molecule has 0 amide bonds. The van der Waals surface area contributed by atoms with Crippen molar-refractivity contribution in [3.63, 3.8) is 0 Å². The Balaban J connectivity index is 2.03. The maximum absolute atomic E-state index is 8.95. The number of benzene rings is 2. The molecule has 21 heavy (non-hydrogen) atoms. The van der Waals surface area contributed by atoms with Crippen LogP contribution in [0, 0.1) is 6.92 Å². The Morgan fingerprint density at radius 3 is 2.76 bits per heavy atom. The Kier molecular flexibility index (Phi) is 3.73. The van der Waals surface area contributed by atoms with Gasteiger partial charge in [-0.05, 0) is 35.6 Å². The minimum atomic E-state index is 0.334. The van der Waals surface area contributed by atoms with Crippen LogP contribution in [-0.4, -0.2) is 14.8 Å². The van der Waals surface area contributed by atoms with E-state index in [0.717, 1.165) is 23.0 Å². The van der Waals surface area contributed by atoms with E-state index in [2.05, 4.69) is 48.0 Å². The van der Waals surface area contributed by atoms with E-state index in [4.69, 9.17) is 17.4 Å². The monoisotopic (exact) mass is 296 g/mol. The number of aryl methyl sites for hydroxylation is 1. The van der Waals surface area contributed by atoms with Crippen LogP contribution in [0.25, 0.3) is 10.9 Å². The highest BCUT2D eigenvalue weighted by atomic mass is 32.1. The number of nitrogens with one attached hydrogen (secondary N) is 1. The van der Waals surface area contributed by atoms with Crippen molar-refractivity contribution in [3.05, 3.63) is 71.4 Å². The molecule has 1 aromatic heterocycles. The molecule has 0 unspecified atom stereocenters. The fourth-order valence-corrected chi connectivity index (χ4v) is 2.63. The number of fused-ring (bicyclic) bond motifs is 1. The summed E-state index contributed by atoms with van der Waals surface area (Å²) in [5.74, 6) is 0. The lowest BCUT2D eigenvalue weighted by molar-refractivity contribution is 0.238. The molecule has 0 fully saturated rings. The van der Waals surface area contributed by atoms with E-state index in [1.54, 1.807) is 0 Å². The second kappa shape index (κ2) is 5.68. The Morgan fingerprint density at radius 2 is 2.00 bits per heavy atom. The first kappa shape index (κ1) is 13.8. The summed E-state index contributed by atoms with van der Waals surface area (Å²) in [6.07, 6.45) is 2.08. The van der Waals surface area contributed by atoms with E-state index < -0.39 is 0 Å². The van der Waals surface area contributed by atoms with Crippen molar-refractivity contribution < 1.29 is 5.21 Å². The van der Waals surface area contributed by atoms with Crippen molar-refractivity contribution in [1.82, 2.24) is 10.0 Å². The first-order valence-electron chi connectivity index (χ1n) is 6.77. The Bertz CT molecular complexity index is 807. The molecule has 2 N–H and O–H groups in total. The maximum Gasteiger partial charge on any atom is 0.130 e. The van der Waals surface area contributed by atoms with Crippen LogP contribution in [0.4, 0.5) is 0 Å². The molecule has 3 nitrogen and oxygen atoms in total. The van der Waals surface area contributed by atoms with Gasteiger partial charge in [0.15, 0.2) is 0 Å². The van der Waals surface area contributed by atoms with Gasteiger partial charge in [0.1, 0.15) is 4.99 Å². The van der Waals surface area contributed by atoms with Gasteiger partial charge in [0.05, 0.1) is 0 Å². The lowest BCUT2D eigenvalue weighted by atomic mass is 10.1. The van der Waals surface area contributed by atoms with E-state index in [0.29, 0.717) is 4.99 Å². The average molecular weight is 296 g/mol. The summed E-state index contributed by atoms with van der Waals surface area (Å²) < 4.78 is 2.20. The standard InChI is InChI=1S/C17H16N2OS/c1-12-4-2-3-5-15(12)11-19-9-8-13-6-7-14(10-16(13)19)17(21)18-20/h2-10,20H,11H2,1H3,(H,18,21). The van der Waals surface area contributed by atoms with Gasteiger partial charge in [0, 0.05) is 23.8 Å². The second-order valence-electron chi connectivity index (χ2n) is 5.08. The van der Waals surface area contributed by atoms with Crippen LogP contribution in [0.3, 0.4) is 0 Å². The van der Waals surface area contributed by atoms with Crippen molar-refractivity contribution in [3.8, 4) is 0 Å². The van der Waals surface area contributed by atoms with Crippen molar-refractivity contribution in [2.24, 2.45) is 0 Å². The molecule has 0 saturated carbocycles. The third-order valence-corrected chi connectivity index (χ3v) is 4.07. The molecule has 0 radical (unpaired) electrons. The number of nitrogens with zero attached hydrogens (tertiary/aromatic N) is 1. The highest BCUT2D eigenvalue weighted by molar-refractivity contribution is 7.80. The number of aromatic nitrogens is 1. The zero-order valence-electron chi connectivity index (χ0n) is 11.7. The van der Waals surface area contributed by atoms with Crippen LogP contribution >= 0.6 is 12.2 Å². The van der Waals surface area contributed by atoms with E-state index in [1.807, 2.05) is 23.7 Å². The predicted octanol–water partition coefficient (Wildman–Crippen LogP) is 3.65.